The zero-order chi connectivity index (χ0) is 15.0. The van der Waals surface area contributed by atoms with Crippen molar-refractivity contribution >= 4 is 48.4 Å². The molecular weight excluding hydrogens is 340 g/mol. The summed E-state index contributed by atoms with van der Waals surface area (Å²) < 4.78 is 49.6. The molecule has 1 aromatic rings. The fourth-order valence-electron chi connectivity index (χ4n) is 1.88. The lowest BCUT2D eigenvalue weighted by molar-refractivity contribution is 0.506. The van der Waals surface area contributed by atoms with E-state index < -0.39 is 19.9 Å². The van der Waals surface area contributed by atoms with Crippen LogP contribution < -0.4 is 10.5 Å². The third-order valence-corrected chi connectivity index (χ3v) is 8.16. The van der Waals surface area contributed by atoms with Crippen LogP contribution in [-0.4, -0.2) is 39.4 Å². The minimum atomic E-state index is -3.65. The third kappa shape index (κ3) is 3.76. The van der Waals surface area contributed by atoms with Gasteiger partial charge in [-0.25, -0.2) is 21.6 Å². The summed E-state index contributed by atoms with van der Waals surface area (Å²) in [5.74, 6) is 0.0333. The van der Waals surface area contributed by atoms with Crippen LogP contribution in [0.25, 0.3) is 0 Å². The Hall–Kier alpha value is -0.550. The van der Waals surface area contributed by atoms with E-state index in [0.29, 0.717) is 17.7 Å². The first-order valence-electron chi connectivity index (χ1n) is 5.82. The molecule has 10 heteroatoms. The molecule has 0 amide bonds. The van der Waals surface area contributed by atoms with Gasteiger partial charge in [0.05, 0.1) is 16.4 Å². The van der Waals surface area contributed by atoms with Crippen molar-refractivity contribution in [3.8, 4) is 0 Å². The van der Waals surface area contributed by atoms with Gasteiger partial charge < -0.3 is 5.73 Å². The van der Waals surface area contributed by atoms with Crippen molar-refractivity contribution in [2.24, 2.45) is 5.73 Å². The van der Waals surface area contributed by atoms with Gasteiger partial charge in [0.2, 0.25) is 10.0 Å². The smallest absolute Gasteiger partial charge is 0.250 e. The summed E-state index contributed by atoms with van der Waals surface area (Å²) in [5, 5.41) is 0. The Labute approximate surface area is 127 Å². The number of nitrogens with one attached hydrogen (secondary N) is 1. The molecule has 6 nitrogen and oxygen atoms in total. The monoisotopic (exact) mass is 354 g/mol. The number of sulfone groups is 1. The highest BCUT2D eigenvalue weighted by Gasteiger charge is 2.28. The van der Waals surface area contributed by atoms with E-state index in [9.17, 15) is 16.8 Å². The Morgan fingerprint density at radius 3 is 2.45 bits per heavy atom. The highest BCUT2D eigenvalue weighted by atomic mass is 32.2. The van der Waals surface area contributed by atoms with Crippen LogP contribution in [0.3, 0.4) is 0 Å². The van der Waals surface area contributed by atoms with E-state index in [2.05, 4.69) is 4.72 Å². The van der Waals surface area contributed by atoms with E-state index >= 15 is 0 Å². The molecule has 0 aromatic carbocycles. The number of sulfonamides is 1. The van der Waals surface area contributed by atoms with Crippen LogP contribution in [0.2, 0.25) is 0 Å². The van der Waals surface area contributed by atoms with Gasteiger partial charge in [0.15, 0.2) is 0 Å². The Bertz CT molecular complexity index is 706. The van der Waals surface area contributed by atoms with E-state index in [1.165, 1.54) is 6.07 Å². The molecule has 0 unspecified atom stereocenters. The second kappa shape index (κ2) is 5.68. The third-order valence-electron chi connectivity index (χ3n) is 2.97. The molecule has 0 spiro atoms. The lowest BCUT2D eigenvalue weighted by Crippen LogP contribution is -2.40. The Morgan fingerprint density at radius 1 is 1.35 bits per heavy atom. The standard InChI is InChI=1S/C10H14N2O4S4/c11-10(17)8-1-2-9(18-8)20(15,16)12-7-3-5-19(13,14)6-4-7/h1-2,7,12H,3-6H2,(H2,11,17). The van der Waals surface area contributed by atoms with Gasteiger partial charge in [0, 0.05) is 6.04 Å². The predicted octanol–water partition coefficient (Wildman–Crippen LogP) is 0.238. The molecule has 0 saturated carbocycles. The van der Waals surface area contributed by atoms with Crippen LogP contribution in [0.1, 0.15) is 17.7 Å². The van der Waals surface area contributed by atoms with E-state index in [4.69, 9.17) is 18.0 Å². The number of thiocarbonyl (C=S) groups is 1. The maximum atomic E-state index is 12.2. The highest BCUT2D eigenvalue weighted by Crippen LogP contribution is 2.23. The Balaban J connectivity index is 2.09. The van der Waals surface area contributed by atoms with E-state index in [-0.39, 0.29) is 26.7 Å². The summed E-state index contributed by atoms with van der Waals surface area (Å²) in [5.41, 5.74) is 5.44. The first-order chi connectivity index (χ1) is 9.20. The number of nitrogens with two attached hydrogens (primary N) is 1. The summed E-state index contributed by atoms with van der Waals surface area (Å²) in [6.07, 6.45) is 0.601. The fraction of sp³-hybridized carbons (Fsp3) is 0.500. The molecule has 1 aromatic heterocycles. The predicted molar refractivity (Wildman–Crippen MR) is 82.2 cm³/mol. The minimum Gasteiger partial charge on any atom is -0.389 e. The second-order valence-corrected chi connectivity index (χ2v) is 10.3. The molecular formula is C10H14N2O4S4. The molecule has 0 bridgehead atoms. The van der Waals surface area contributed by atoms with Gasteiger partial charge in [-0.1, -0.05) is 12.2 Å². The lowest BCUT2D eigenvalue weighted by atomic mass is 10.2. The normalized spacial score (nSPS) is 19.8. The number of hydrogen-bond acceptors (Lipinski definition) is 6. The topological polar surface area (TPSA) is 106 Å². The molecule has 0 atom stereocenters. The van der Waals surface area contributed by atoms with Crippen LogP contribution >= 0.6 is 23.6 Å². The Morgan fingerprint density at radius 2 is 1.95 bits per heavy atom. The molecule has 2 rings (SSSR count). The van der Waals surface area contributed by atoms with Crippen molar-refractivity contribution in [1.82, 2.24) is 4.72 Å². The first kappa shape index (κ1) is 15.8. The van der Waals surface area contributed by atoms with Gasteiger partial charge in [0.1, 0.15) is 19.0 Å². The second-order valence-electron chi connectivity index (χ2n) is 4.53. The minimum absolute atomic E-state index is 0.0166. The average Bonchev–Trinajstić information content (AvgIpc) is 2.82. The highest BCUT2D eigenvalue weighted by molar-refractivity contribution is 7.92. The molecule has 1 saturated heterocycles. The number of thiophene rings is 1. The van der Waals surface area contributed by atoms with Crippen LogP contribution in [0.5, 0.6) is 0 Å². The van der Waals surface area contributed by atoms with Crippen LogP contribution in [0.15, 0.2) is 16.3 Å². The van der Waals surface area contributed by atoms with E-state index in [1.807, 2.05) is 0 Å². The summed E-state index contributed by atoms with van der Waals surface area (Å²) >= 11 is 5.79. The lowest BCUT2D eigenvalue weighted by Gasteiger charge is -2.22. The van der Waals surface area contributed by atoms with E-state index in [0.717, 1.165) is 11.3 Å². The Kier molecular flexibility index (Phi) is 4.50. The number of rotatable bonds is 4. The van der Waals surface area contributed by atoms with Crippen LogP contribution in [-0.2, 0) is 19.9 Å². The summed E-state index contributed by atoms with van der Waals surface area (Å²) in [6.45, 7) is 0. The van der Waals surface area contributed by atoms with Gasteiger partial charge in [-0.15, -0.1) is 11.3 Å². The van der Waals surface area contributed by atoms with E-state index in [1.54, 1.807) is 6.07 Å². The van der Waals surface area contributed by atoms with Crippen molar-refractivity contribution in [3.63, 3.8) is 0 Å². The molecule has 1 aliphatic heterocycles. The molecule has 0 radical (unpaired) electrons. The van der Waals surface area contributed by atoms with Gasteiger partial charge in [-0.3, -0.25) is 0 Å². The molecule has 112 valence electrons. The molecule has 20 heavy (non-hydrogen) atoms. The average molecular weight is 355 g/mol. The van der Waals surface area contributed by atoms with Crippen molar-refractivity contribution in [2.45, 2.75) is 23.1 Å². The zero-order valence-corrected chi connectivity index (χ0v) is 13.7. The number of hydrogen-bond donors (Lipinski definition) is 2. The van der Waals surface area contributed by atoms with Crippen LogP contribution in [0, 0.1) is 0 Å². The molecule has 1 fully saturated rings. The van der Waals surface area contributed by atoms with Gasteiger partial charge in [-0.2, -0.15) is 0 Å². The van der Waals surface area contributed by atoms with Crippen molar-refractivity contribution in [1.29, 1.82) is 0 Å². The van der Waals surface area contributed by atoms with Crippen molar-refractivity contribution in [2.75, 3.05) is 11.5 Å². The van der Waals surface area contributed by atoms with Gasteiger partial charge in [-0.05, 0) is 25.0 Å². The fourth-order valence-corrected chi connectivity index (χ4v) is 6.05. The maximum Gasteiger partial charge on any atom is 0.250 e. The zero-order valence-electron chi connectivity index (χ0n) is 10.4. The van der Waals surface area contributed by atoms with Crippen molar-refractivity contribution < 1.29 is 16.8 Å². The molecule has 2 heterocycles. The summed E-state index contributed by atoms with van der Waals surface area (Å²) in [4.78, 5) is 0.687. The summed E-state index contributed by atoms with van der Waals surface area (Å²) in [7, 11) is -6.66. The van der Waals surface area contributed by atoms with Gasteiger partial charge >= 0.3 is 0 Å². The largest absolute Gasteiger partial charge is 0.389 e. The first-order valence-corrected chi connectivity index (χ1v) is 10.3. The van der Waals surface area contributed by atoms with Gasteiger partial charge in [0.25, 0.3) is 0 Å². The quantitative estimate of drug-likeness (QED) is 0.750. The van der Waals surface area contributed by atoms with Crippen molar-refractivity contribution in [3.05, 3.63) is 17.0 Å². The summed E-state index contributed by atoms with van der Waals surface area (Å²) in [6, 6.07) is 2.66. The molecule has 0 aliphatic carbocycles. The van der Waals surface area contributed by atoms with Crippen LogP contribution in [0.4, 0.5) is 0 Å². The SMILES string of the molecule is NC(=S)c1ccc(S(=O)(=O)NC2CCS(=O)(=O)CC2)s1. The molecule has 3 N–H and O–H groups in total. The maximum absolute atomic E-state index is 12.2. The molecule has 1 aliphatic rings.